The molecule has 0 fully saturated rings. The average molecular weight is 341 g/mol. The highest BCUT2D eigenvalue weighted by Crippen LogP contribution is 2.17. The Morgan fingerprint density at radius 1 is 0.880 bits per heavy atom. The van der Waals surface area contributed by atoms with Crippen LogP contribution in [0.5, 0.6) is 5.75 Å². The van der Waals surface area contributed by atoms with E-state index in [1.54, 1.807) is 6.07 Å². The van der Waals surface area contributed by atoms with Crippen LogP contribution in [-0.2, 0) is 14.3 Å². The Balaban J connectivity index is 1.78. The minimum atomic E-state index is -0.589. The van der Waals surface area contributed by atoms with E-state index in [4.69, 9.17) is 9.47 Å². The number of aryl methyl sites for hydroxylation is 4. The van der Waals surface area contributed by atoms with Gasteiger partial charge in [-0.15, -0.1) is 0 Å². The number of benzene rings is 2. The molecule has 0 saturated carbocycles. The Labute approximate surface area is 148 Å². The number of carbonyl (C=O) groups is 2. The van der Waals surface area contributed by atoms with E-state index in [-0.39, 0.29) is 19.1 Å². The van der Waals surface area contributed by atoms with Crippen molar-refractivity contribution >= 4 is 17.6 Å². The number of amides is 1. The number of carbonyl (C=O) groups excluding carboxylic acids is 2. The standard InChI is InChI=1S/C20H23NO4/c1-13-5-6-15(3)18(9-13)21-19(22)11-25-20(23)12-24-17-8-7-14(2)16(4)10-17/h5-10H,11-12H2,1-4H3,(H,21,22). The van der Waals surface area contributed by atoms with Crippen molar-refractivity contribution in [1.82, 2.24) is 0 Å². The zero-order chi connectivity index (χ0) is 18.4. The summed E-state index contributed by atoms with van der Waals surface area (Å²) in [5, 5.41) is 2.74. The lowest BCUT2D eigenvalue weighted by Crippen LogP contribution is -2.24. The van der Waals surface area contributed by atoms with Gasteiger partial charge in [0.05, 0.1) is 0 Å². The van der Waals surface area contributed by atoms with Crippen LogP contribution in [0.1, 0.15) is 22.3 Å². The summed E-state index contributed by atoms with van der Waals surface area (Å²) in [6.07, 6.45) is 0. The molecule has 0 aliphatic rings. The van der Waals surface area contributed by atoms with E-state index in [2.05, 4.69) is 5.32 Å². The van der Waals surface area contributed by atoms with Gasteiger partial charge in [-0.05, 0) is 68.1 Å². The summed E-state index contributed by atoms with van der Waals surface area (Å²) in [6.45, 7) is 7.24. The number of ether oxygens (including phenoxy) is 2. The number of nitrogens with one attached hydrogen (secondary N) is 1. The van der Waals surface area contributed by atoms with E-state index in [1.165, 1.54) is 0 Å². The topological polar surface area (TPSA) is 64.6 Å². The van der Waals surface area contributed by atoms with Gasteiger partial charge in [0.15, 0.2) is 13.2 Å². The smallest absolute Gasteiger partial charge is 0.344 e. The monoisotopic (exact) mass is 341 g/mol. The zero-order valence-electron chi connectivity index (χ0n) is 15.0. The van der Waals surface area contributed by atoms with Crippen LogP contribution in [0.4, 0.5) is 5.69 Å². The van der Waals surface area contributed by atoms with E-state index in [0.29, 0.717) is 11.4 Å². The van der Waals surface area contributed by atoms with Gasteiger partial charge in [-0.2, -0.15) is 0 Å². The normalized spacial score (nSPS) is 10.2. The molecule has 0 unspecified atom stereocenters. The Morgan fingerprint density at radius 2 is 1.60 bits per heavy atom. The number of anilines is 1. The van der Waals surface area contributed by atoms with Crippen molar-refractivity contribution in [2.75, 3.05) is 18.5 Å². The summed E-state index contributed by atoms with van der Waals surface area (Å²) in [7, 11) is 0. The molecule has 0 bridgehead atoms. The van der Waals surface area contributed by atoms with Gasteiger partial charge >= 0.3 is 5.97 Å². The molecule has 2 aromatic carbocycles. The first kappa shape index (κ1) is 18.5. The number of rotatable bonds is 6. The van der Waals surface area contributed by atoms with Crippen molar-refractivity contribution in [2.45, 2.75) is 27.7 Å². The van der Waals surface area contributed by atoms with Gasteiger partial charge in [0, 0.05) is 5.69 Å². The second kappa shape index (κ2) is 8.33. The average Bonchev–Trinajstić information content (AvgIpc) is 2.57. The van der Waals surface area contributed by atoms with Crippen LogP contribution in [0.3, 0.4) is 0 Å². The Morgan fingerprint density at radius 3 is 2.32 bits per heavy atom. The summed E-state index contributed by atoms with van der Waals surface area (Å²) in [6, 6.07) is 11.3. The van der Waals surface area contributed by atoms with Gasteiger partial charge in [0.1, 0.15) is 5.75 Å². The quantitative estimate of drug-likeness (QED) is 0.817. The maximum absolute atomic E-state index is 11.9. The van der Waals surface area contributed by atoms with Crippen LogP contribution in [-0.4, -0.2) is 25.1 Å². The highest BCUT2D eigenvalue weighted by atomic mass is 16.6. The molecule has 0 aliphatic heterocycles. The van der Waals surface area contributed by atoms with Crippen molar-refractivity contribution < 1.29 is 19.1 Å². The third-order valence-electron chi connectivity index (χ3n) is 3.87. The Bertz CT molecular complexity index is 783. The molecule has 132 valence electrons. The third kappa shape index (κ3) is 5.64. The molecule has 1 amide bonds. The molecule has 1 N–H and O–H groups in total. The van der Waals surface area contributed by atoms with Gasteiger partial charge in [-0.25, -0.2) is 4.79 Å². The fourth-order valence-corrected chi connectivity index (χ4v) is 2.19. The predicted octanol–water partition coefficient (Wildman–Crippen LogP) is 3.48. The largest absolute Gasteiger partial charge is 0.482 e. The Kier molecular flexibility index (Phi) is 6.17. The second-order valence-electron chi connectivity index (χ2n) is 6.06. The SMILES string of the molecule is Cc1ccc(C)c(NC(=O)COC(=O)COc2ccc(C)c(C)c2)c1. The molecule has 5 nitrogen and oxygen atoms in total. The summed E-state index contributed by atoms with van der Waals surface area (Å²) < 4.78 is 10.3. The molecule has 5 heteroatoms. The molecule has 2 aromatic rings. The van der Waals surface area contributed by atoms with Crippen LogP contribution < -0.4 is 10.1 Å². The van der Waals surface area contributed by atoms with Crippen molar-refractivity contribution in [3.05, 3.63) is 58.7 Å². The van der Waals surface area contributed by atoms with Gasteiger partial charge in [-0.1, -0.05) is 18.2 Å². The minimum Gasteiger partial charge on any atom is -0.482 e. The molecule has 0 radical (unpaired) electrons. The van der Waals surface area contributed by atoms with E-state index in [9.17, 15) is 9.59 Å². The minimum absolute atomic E-state index is 0.237. The molecule has 0 spiro atoms. The highest BCUT2D eigenvalue weighted by molar-refractivity contribution is 5.93. The summed E-state index contributed by atoms with van der Waals surface area (Å²) >= 11 is 0. The molecular weight excluding hydrogens is 318 g/mol. The lowest BCUT2D eigenvalue weighted by molar-refractivity contribution is -0.149. The summed E-state index contributed by atoms with van der Waals surface area (Å²) in [5.41, 5.74) is 4.94. The highest BCUT2D eigenvalue weighted by Gasteiger charge is 2.10. The van der Waals surface area contributed by atoms with Crippen molar-refractivity contribution in [1.29, 1.82) is 0 Å². The fourth-order valence-electron chi connectivity index (χ4n) is 2.19. The van der Waals surface area contributed by atoms with Gasteiger partial charge < -0.3 is 14.8 Å². The van der Waals surface area contributed by atoms with E-state index >= 15 is 0 Å². The van der Waals surface area contributed by atoms with Crippen LogP contribution in [0.2, 0.25) is 0 Å². The second-order valence-corrected chi connectivity index (χ2v) is 6.06. The summed E-state index contributed by atoms with van der Waals surface area (Å²) in [4.78, 5) is 23.6. The van der Waals surface area contributed by atoms with E-state index < -0.39 is 5.97 Å². The molecule has 0 atom stereocenters. The third-order valence-corrected chi connectivity index (χ3v) is 3.87. The number of hydrogen-bond acceptors (Lipinski definition) is 4. The predicted molar refractivity (Wildman–Crippen MR) is 96.9 cm³/mol. The number of esters is 1. The first-order valence-corrected chi connectivity index (χ1v) is 8.08. The first-order valence-electron chi connectivity index (χ1n) is 8.08. The molecule has 2 rings (SSSR count). The van der Waals surface area contributed by atoms with Crippen LogP contribution >= 0.6 is 0 Å². The van der Waals surface area contributed by atoms with Gasteiger partial charge in [0.25, 0.3) is 5.91 Å². The molecule has 0 saturated heterocycles. The van der Waals surface area contributed by atoms with Crippen molar-refractivity contribution in [3.63, 3.8) is 0 Å². The maximum Gasteiger partial charge on any atom is 0.344 e. The summed E-state index contributed by atoms with van der Waals surface area (Å²) in [5.74, 6) is -0.373. The molecule has 0 aliphatic carbocycles. The van der Waals surface area contributed by atoms with Crippen molar-refractivity contribution in [3.8, 4) is 5.75 Å². The number of hydrogen-bond donors (Lipinski definition) is 1. The molecule has 0 heterocycles. The van der Waals surface area contributed by atoms with Crippen LogP contribution in [0.25, 0.3) is 0 Å². The van der Waals surface area contributed by atoms with Gasteiger partial charge in [0.2, 0.25) is 0 Å². The molecular formula is C20H23NO4. The molecule has 0 aromatic heterocycles. The zero-order valence-corrected chi connectivity index (χ0v) is 15.0. The maximum atomic E-state index is 11.9. The van der Waals surface area contributed by atoms with E-state index in [1.807, 2.05) is 58.0 Å². The van der Waals surface area contributed by atoms with Crippen molar-refractivity contribution in [2.24, 2.45) is 0 Å². The fraction of sp³-hybridized carbons (Fsp3) is 0.300. The Hall–Kier alpha value is -2.82. The first-order chi connectivity index (χ1) is 11.8. The lowest BCUT2D eigenvalue weighted by Gasteiger charge is -2.10. The lowest BCUT2D eigenvalue weighted by atomic mass is 10.1. The van der Waals surface area contributed by atoms with Gasteiger partial charge in [-0.3, -0.25) is 4.79 Å². The van der Waals surface area contributed by atoms with Crippen LogP contribution in [0, 0.1) is 27.7 Å². The molecule has 25 heavy (non-hydrogen) atoms. The van der Waals surface area contributed by atoms with Crippen LogP contribution in [0.15, 0.2) is 36.4 Å². The van der Waals surface area contributed by atoms with E-state index in [0.717, 1.165) is 22.3 Å².